The first-order chi connectivity index (χ1) is 17.5. The lowest BCUT2D eigenvalue weighted by Gasteiger charge is -2.15. The Labute approximate surface area is 214 Å². The number of benzene rings is 3. The molecule has 1 heterocycles. The number of hydrogen-bond donors (Lipinski definition) is 1. The molecule has 0 fully saturated rings. The predicted octanol–water partition coefficient (Wildman–Crippen LogP) is 6.96. The van der Waals surface area contributed by atoms with Gasteiger partial charge in [-0.25, -0.2) is 4.79 Å². The number of rotatable bonds is 8. The second-order valence-electron chi connectivity index (χ2n) is 8.21. The smallest absolute Gasteiger partial charge is 0.479 e. The largest absolute Gasteiger partial charge is 0.573 e. The van der Waals surface area contributed by atoms with E-state index in [0.29, 0.717) is 38.4 Å². The van der Waals surface area contributed by atoms with Gasteiger partial charge >= 0.3 is 12.3 Å². The van der Waals surface area contributed by atoms with Crippen molar-refractivity contribution >= 4 is 34.3 Å². The molecule has 1 N–H and O–H groups in total. The lowest BCUT2D eigenvalue weighted by molar-refractivity contribution is -0.274. The Morgan fingerprint density at radius 1 is 1.03 bits per heavy atom. The van der Waals surface area contributed by atoms with Crippen LogP contribution in [-0.4, -0.2) is 33.9 Å². The van der Waals surface area contributed by atoms with E-state index in [1.54, 1.807) is 66.9 Å². The number of ether oxygens (including phenoxy) is 2. The monoisotopic (exact) mass is 531 g/mol. The molecule has 0 amide bonds. The summed E-state index contributed by atoms with van der Waals surface area (Å²) in [6.07, 6.45) is -5.75. The van der Waals surface area contributed by atoms with Gasteiger partial charge in [0.25, 0.3) is 0 Å². The molecule has 1 unspecified atom stereocenters. The zero-order valence-electron chi connectivity index (χ0n) is 19.7. The molecule has 37 heavy (non-hydrogen) atoms. The Kier molecular flexibility index (Phi) is 7.18. The van der Waals surface area contributed by atoms with E-state index in [1.807, 2.05) is 0 Å². The molecule has 0 aliphatic rings. The van der Waals surface area contributed by atoms with Gasteiger partial charge in [0.1, 0.15) is 11.5 Å². The SMILES string of the molecule is CCC(Oc1cccc(-n2c(C)c(C(=O)c3ccc(Cl)cc3)c3ccc(OC(F)(F)F)cc32)c1)C(=O)O. The summed E-state index contributed by atoms with van der Waals surface area (Å²) in [5.74, 6) is -1.66. The van der Waals surface area contributed by atoms with Gasteiger partial charge in [0.2, 0.25) is 0 Å². The van der Waals surface area contributed by atoms with E-state index >= 15 is 0 Å². The molecule has 0 saturated carbocycles. The first-order valence-corrected chi connectivity index (χ1v) is 11.6. The van der Waals surface area contributed by atoms with Crippen LogP contribution < -0.4 is 9.47 Å². The summed E-state index contributed by atoms with van der Waals surface area (Å²) in [5.41, 5.74) is 1.85. The Morgan fingerprint density at radius 3 is 2.35 bits per heavy atom. The van der Waals surface area contributed by atoms with E-state index in [2.05, 4.69) is 4.74 Å². The Bertz CT molecular complexity index is 1480. The van der Waals surface area contributed by atoms with Crippen molar-refractivity contribution in [1.29, 1.82) is 0 Å². The van der Waals surface area contributed by atoms with Crippen LogP contribution in [0.3, 0.4) is 0 Å². The van der Waals surface area contributed by atoms with Crippen molar-refractivity contribution in [1.82, 2.24) is 4.57 Å². The number of halogens is 4. The fourth-order valence-corrected chi connectivity index (χ4v) is 4.25. The van der Waals surface area contributed by atoms with Crippen LogP contribution in [0.25, 0.3) is 16.6 Å². The molecule has 0 bridgehead atoms. The third-order valence-corrected chi connectivity index (χ3v) is 6.00. The minimum atomic E-state index is -4.90. The average Bonchev–Trinajstić information content (AvgIpc) is 3.12. The number of aromatic nitrogens is 1. The second-order valence-corrected chi connectivity index (χ2v) is 8.65. The van der Waals surface area contributed by atoms with Crippen molar-refractivity contribution in [3.8, 4) is 17.2 Å². The highest BCUT2D eigenvalue weighted by Gasteiger charge is 2.32. The third kappa shape index (κ3) is 5.56. The van der Waals surface area contributed by atoms with Crippen LogP contribution in [0.1, 0.15) is 35.0 Å². The summed E-state index contributed by atoms with van der Waals surface area (Å²) in [6, 6.07) is 16.5. The molecule has 10 heteroatoms. The standard InChI is InChI=1S/C27H21ClF3NO5/c1-3-23(26(34)35)36-19-6-4-5-18(13-19)32-15(2)24(25(33)16-7-9-17(28)10-8-16)21-12-11-20(14-22(21)32)37-27(29,30)31/h4-14,23H,3H2,1-2H3,(H,34,35). The molecular formula is C27H21ClF3NO5. The van der Waals surface area contributed by atoms with Crippen molar-refractivity contribution in [3.63, 3.8) is 0 Å². The minimum absolute atomic E-state index is 0.225. The maximum absolute atomic E-state index is 13.5. The van der Waals surface area contributed by atoms with Gasteiger partial charge in [-0.1, -0.05) is 24.6 Å². The number of ketones is 1. The van der Waals surface area contributed by atoms with E-state index in [-0.39, 0.29) is 18.0 Å². The first kappa shape index (κ1) is 26.1. The topological polar surface area (TPSA) is 77.8 Å². The zero-order valence-corrected chi connectivity index (χ0v) is 20.4. The van der Waals surface area contributed by atoms with Crippen LogP contribution in [-0.2, 0) is 4.79 Å². The third-order valence-electron chi connectivity index (χ3n) is 5.74. The lowest BCUT2D eigenvalue weighted by atomic mass is 10.0. The predicted molar refractivity (Wildman–Crippen MR) is 132 cm³/mol. The summed E-state index contributed by atoms with van der Waals surface area (Å²) in [4.78, 5) is 24.9. The normalized spacial score (nSPS) is 12.4. The molecule has 1 atom stereocenters. The Balaban J connectivity index is 1.91. The summed E-state index contributed by atoms with van der Waals surface area (Å²) in [6.45, 7) is 3.34. The van der Waals surface area contributed by atoms with Gasteiger partial charge in [0.15, 0.2) is 11.9 Å². The quantitative estimate of drug-likeness (QED) is 0.249. The van der Waals surface area contributed by atoms with Crippen LogP contribution in [0.5, 0.6) is 11.5 Å². The average molecular weight is 532 g/mol. The van der Waals surface area contributed by atoms with Gasteiger partial charge in [0.05, 0.1) is 11.1 Å². The van der Waals surface area contributed by atoms with Crippen molar-refractivity contribution in [2.45, 2.75) is 32.7 Å². The summed E-state index contributed by atoms with van der Waals surface area (Å²) in [7, 11) is 0. The van der Waals surface area contributed by atoms with E-state index < -0.39 is 24.2 Å². The van der Waals surface area contributed by atoms with Crippen molar-refractivity contribution in [2.24, 2.45) is 0 Å². The van der Waals surface area contributed by atoms with Crippen LogP contribution in [0, 0.1) is 6.92 Å². The minimum Gasteiger partial charge on any atom is -0.479 e. The number of hydrogen-bond acceptors (Lipinski definition) is 4. The van der Waals surface area contributed by atoms with Crippen LogP contribution >= 0.6 is 11.6 Å². The summed E-state index contributed by atoms with van der Waals surface area (Å²) in [5, 5.41) is 10.2. The van der Waals surface area contributed by atoms with Gasteiger partial charge in [-0.3, -0.25) is 4.79 Å². The molecule has 192 valence electrons. The van der Waals surface area contributed by atoms with Crippen molar-refractivity contribution < 1.29 is 37.3 Å². The lowest BCUT2D eigenvalue weighted by Crippen LogP contribution is -2.25. The van der Waals surface area contributed by atoms with E-state index in [4.69, 9.17) is 16.3 Å². The maximum atomic E-state index is 13.5. The number of fused-ring (bicyclic) bond motifs is 1. The van der Waals surface area contributed by atoms with Gasteiger partial charge in [-0.2, -0.15) is 0 Å². The summed E-state index contributed by atoms with van der Waals surface area (Å²) < 4.78 is 50.2. The molecule has 6 nitrogen and oxygen atoms in total. The van der Waals surface area contributed by atoms with Gasteiger partial charge in [-0.05, 0) is 61.9 Å². The first-order valence-electron chi connectivity index (χ1n) is 11.2. The fraction of sp³-hybridized carbons (Fsp3) is 0.185. The van der Waals surface area contributed by atoms with Crippen LogP contribution in [0.2, 0.25) is 5.02 Å². The number of aliphatic carboxylic acids is 1. The molecule has 4 aromatic rings. The molecule has 0 aliphatic carbocycles. The van der Waals surface area contributed by atoms with Gasteiger partial charge < -0.3 is 19.1 Å². The molecule has 4 rings (SSSR count). The highest BCUT2D eigenvalue weighted by molar-refractivity contribution is 6.30. The fourth-order valence-electron chi connectivity index (χ4n) is 4.13. The second kappa shape index (κ2) is 10.2. The number of nitrogens with zero attached hydrogens (tertiary/aromatic N) is 1. The van der Waals surface area contributed by atoms with Crippen LogP contribution in [0.15, 0.2) is 66.7 Å². The highest BCUT2D eigenvalue weighted by atomic mass is 35.5. The van der Waals surface area contributed by atoms with Gasteiger partial charge in [0, 0.05) is 39.5 Å². The van der Waals surface area contributed by atoms with E-state index in [1.165, 1.54) is 12.1 Å². The zero-order chi connectivity index (χ0) is 26.9. The molecule has 0 spiro atoms. The number of alkyl halides is 3. The van der Waals surface area contributed by atoms with Crippen LogP contribution in [0.4, 0.5) is 13.2 Å². The maximum Gasteiger partial charge on any atom is 0.573 e. The number of carboxylic acid groups (broad SMARTS) is 1. The van der Waals surface area contributed by atoms with E-state index in [0.717, 1.165) is 6.07 Å². The molecule has 0 saturated heterocycles. The van der Waals surface area contributed by atoms with Crippen molar-refractivity contribution in [2.75, 3.05) is 0 Å². The molecule has 3 aromatic carbocycles. The number of carbonyl (C=O) groups excluding carboxylic acids is 1. The number of carbonyl (C=O) groups is 2. The summed E-state index contributed by atoms with van der Waals surface area (Å²) >= 11 is 5.95. The molecular weight excluding hydrogens is 511 g/mol. The van der Waals surface area contributed by atoms with Crippen molar-refractivity contribution in [3.05, 3.63) is 88.6 Å². The van der Waals surface area contributed by atoms with E-state index in [9.17, 15) is 27.9 Å². The van der Waals surface area contributed by atoms with Gasteiger partial charge in [-0.15, -0.1) is 13.2 Å². The molecule has 0 aliphatic heterocycles. The Hall–Kier alpha value is -3.98. The highest BCUT2D eigenvalue weighted by Crippen LogP contribution is 2.35. The molecule has 1 aromatic heterocycles. The molecule has 0 radical (unpaired) electrons. The number of carboxylic acids is 1. The Morgan fingerprint density at radius 2 is 1.73 bits per heavy atom.